The van der Waals surface area contributed by atoms with Crippen molar-refractivity contribution < 1.29 is 9.59 Å². The highest BCUT2D eigenvalue weighted by Crippen LogP contribution is 2.28. The van der Waals surface area contributed by atoms with Gasteiger partial charge in [0.2, 0.25) is 11.8 Å². The number of nitrogens with zero attached hydrogens (tertiary/aromatic N) is 3. The number of aromatic nitrogens is 2. The number of carbonyl (C=O) groups excluding carboxylic acids is 2. The van der Waals surface area contributed by atoms with Crippen molar-refractivity contribution in [2.24, 2.45) is 5.92 Å². The zero-order valence-corrected chi connectivity index (χ0v) is 13.7. The van der Waals surface area contributed by atoms with E-state index in [9.17, 15) is 9.59 Å². The largest absolute Gasteiger partial charge is 0.338 e. The Bertz CT molecular complexity index is 781. The number of hydrogen-bond donors (Lipinski definition) is 1. The summed E-state index contributed by atoms with van der Waals surface area (Å²) in [5.74, 6) is -0.157. The Kier molecular flexibility index (Phi) is 3.59. The number of hydrogen-bond acceptors (Lipinski definition) is 3. The predicted molar refractivity (Wildman–Crippen MR) is 89.3 cm³/mol. The molecule has 1 unspecified atom stereocenters. The first-order valence-electron chi connectivity index (χ1n) is 8.29. The van der Waals surface area contributed by atoms with Crippen LogP contribution < -0.4 is 4.90 Å². The fourth-order valence-electron chi connectivity index (χ4n) is 3.52. The second-order valence-electron chi connectivity index (χ2n) is 6.62. The number of aryl methyl sites for hydroxylation is 1. The zero-order chi connectivity index (χ0) is 16.7. The van der Waals surface area contributed by atoms with E-state index >= 15 is 0 Å². The first-order chi connectivity index (χ1) is 11.6. The Hall–Kier alpha value is -2.63. The summed E-state index contributed by atoms with van der Waals surface area (Å²) in [7, 11) is 0. The van der Waals surface area contributed by atoms with Crippen LogP contribution in [0.3, 0.4) is 0 Å². The molecule has 2 aliphatic heterocycles. The van der Waals surface area contributed by atoms with Crippen molar-refractivity contribution in [1.82, 2.24) is 15.1 Å². The van der Waals surface area contributed by atoms with Crippen molar-refractivity contribution in [3.8, 4) is 0 Å². The standard InChI is InChI=1S/C18H20N4O2/c1-12-2-4-15(5-3-12)22-11-13(8-17(22)23)18(24)21-7-6-16-14(10-21)9-19-20-16/h2-5,9,13H,6-8,10-11H2,1H3,(H,19,20). The summed E-state index contributed by atoms with van der Waals surface area (Å²) in [6.07, 6.45) is 2.87. The molecule has 1 atom stereocenters. The van der Waals surface area contributed by atoms with E-state index in [2.05, 4.69) is 10.2 Å². The number of aromatic amines is 1. The van der Waals surface area contributed by atoms with Crippen LogP contribution in [0.15, 0.2) is 30.5 Å². The first kappa shape index (κ1) is 14.9. The summed E-state index contributed by atoms with van der Waals surface area (Å²) in [5.41, 5.74) is 4.22. The summed E-state index contributed by atoms with van der Waals surface area (Å²) in [4.78, 5) is 28.8. The summed E-state index contributed by atoms with van der Waals surface area (Å²) in [5, 5.41) is 7.02. The van der Waals surface area contributed by atoms with E-state index in [-0.39, 0.29) is 17.7 Å². The van der Waals surface area contributed by atoms with Gasteiger partial charge in [-0.1, -0.05) is 17.7 Å². The van der Waals surface area contributed by atoms with Gasteiger partial charge in [0.1, 0.15) is 0 Å². The lowest BCUT2D eigenvalue weighted by atomic mass is 10.0. The molecule has 1 saturated heterocycles. The van der Waals surface area contributed by atoms with Gasteiger partial charge in [0.15, 0.2) is 0 Å². The Morgan fingerprint density at radius 2 is 2.08 bits per heavy atom. The zero-order valence-electron chi connectivity index (χ0n) is 13.7. The maximum Gasteiger partial charge on any atom is 0.228 e. The van der Waals surface area contributed by atoms with Gasteiger partial charge >= 0.3 is 0 Å². The van der Waals surface area contributed by atoms with Crippen molar-refractivity contribution >= 4 is 17.5 Å². The first-order valence-corrected chi connectivity index (χ1v) is 8.29. The van der Waals surface area contributed by atoms with Crippen LogP contribution in [0, 0.1) is 12.8 Å². The average molecular weight is 324 g/mol. The lowest BCUT2D eigenvalue weighted by Gasteiger charge is -2.28. The molecule has 2 aromatic rings. The molecular formula is C18H20N4O2. The quantitative estimate of drug-likeness (QED) is 0.913. The molecule has 0 bridgehead atoms. The van der Waals surface area contributed by atoms with Gasteiger partial charge in [0.05, 0.1) is 12.1 Å². The van der Waals surface area contributed by atoms with Crippen molar-refractivity contribution in [3.63, 3.8) is 0 Å². The fraction of sp³-hybridized carbons (Fsp3) is 0.389. The van der Waals surface area contributed by atoms with Crippen molar-refractivity contribution in [2.75, 3.05) is 18.0 Å². The summed E-state index contributed by atoms with van der Waals surface area (Å²) >= 11 is 0. The van der Waals surface area contributed by atoms with Gasteiger partial charge in [0, 0.05) is 49.4 Å². The molecular weight excluding hydrogens is 304 g/mol. The van der Waals surface area contributed by atoms with Gasteiger partial charge in [-0.3, -0.25) is 14.7 Å². The third kappa shape index (κ3) is 2.58. The van der Waals surface area contributed by atoms with E-state index in [1.54, 1.807) is 11.1 Å². The van der Waals surface area contributed by atoms with Crippen LogP contribution in [0.5, 0.6) is 0 Å². The molecule has 0 radical (unpaired) electrons. The number of anilines is 1. The van der Waals surface area contributed by atoms with Gasteiger partial charge < -0.3 is 9.80 Å². The molecule has 2 amide bonds. The summed E-state index contributed by atoms with van der Waals surface area (Å²) in [6.45, 7) is 3.75. The summed E-state index contributed by atoms with van der Waals surface area (Å²) in [6, 6.07) is 7.86. The van der Waals surface area contributed by atoms with E-state index in [0.29, 0.717) is 26.1 Å². The van der Waals surface area contributed by atoms with E-state index in [0.717, 1.165) is 28.9 Å². The Labute approximate surface area is 140 Å². The van der Waals surface area contributed by atoms with Crippen LogP contribution in [-0.4, -0.2) is 40.0 Å². The molecule has 4 rings (SSSR count). The second kappa shape index (κ2) is 5.78. The minimum Gasteiger partial charge on any atom is -0.338 e. The number of nitrogens with one attached hydrogen (secondary N) is 1. The highest BCUT2D eigenvalue weighted by Gasteiger charge is 2.38. The minimum atomic E-state index is -0.257. The molecule has 6 heteroatoms. The smallest absolute Gasteiger partial charge is 0.228 e. The maximum absolute atomic E-state index is 12.8. The summed E-state index contributed by atoms with van der Waals surface area (Å²) < 4.78 is 0. The molecule has 1 fully saturated rings. The number of rotatable bonds is 2. The highest BCUT2D eigenvalue weighted by atomic mass is 16.2. The third-order valence-electron chi connectivity index (χ3n) is 4.93. The van der Waals surface area contributed by atoms with Gasteiger partial charge in [-0.15, -0.1) is 0 Å². The van der Waals surface area contributed by atoms with Crippen molar-refractivity contribution in [3.05, 3.63) is 47.3 Å². The van der Waals surface area contributed by atoms with E-state index in [4.69, 9.17) is 0 Å². The highest BCUT2D eigenvalue weighted by molar-refractivity contribution is 6.00. The Morgan fingerprint density at radius 1 is 1.29 bits per heavy atom. The fourth-order valence-corrected chi connectivity index (χ4v) is 3.52. The number of carbonyl (C=O) groups is 2. The van der Waals surface area contributed by atoms with E-state index in [1.165, 1.54) is 0 Å². The van der Waals surface area contributed by atoms with Crippen LogP contribution in [0.1, 0.15) is 23.2 Å². The molecule has 0 aliphatic carbocycles. The van der Waals surface area contributed by atoms with Crippen molar-refractivity contribution in [2.45, 2.75) is 26.3 Å². The topological polar surface area (TPSA) is 69.3 Å². The van der Waals surface area contributed by atoms with Crippen LogP contribution in [-0.2, 0) is 22.6 Å². The SMILES string of the molecule is Cc1ccc(N2CC(C(=O)N3CCc4[nH]ncc4C3)CC2=O)cc1. The average Bonchev–Trinajstić information content (AvgIpc) is 3.20. The number of fused-ring (bicyclic) bond motifs is 1. The van der Waals surface area contributed by atoms with Crippen LogP contribution in [0.2, 0.25) is 0 Å². The Morgan fingerprint density at radius 3 is 2.88 bits per heavy atom. The van der Waals surface area contributed by atoms with Crippen LogP contribution in [0.4, 0.5) is 5.69 Å². The van der Waals surface area contributed by atoms with E-state index in [1.807, 2.05) is 36.1 Å². The van der Waals surface area contributed by atoms with Crippen LogP contribution in [0.25, 0.3) is 0 Å². The van der Waals surface area contributed by atoms with Gasteiger partial charge in [-0.2, -0.15) is 5.10 Å². The van der Waals surface area contributed by atoms with Gasteiger partial charge in [0.25, 0.3) is 0 Å². The second-order valence-corrected chi connectivity index (χ2v) is 6.62. The Balaban J connectivity index is 1.47. The maximum atomic E-state index is 12.8. The molecule has 3 heterocycles. The van der Waals surface area contributed by atoms with Gasteiger partial charge in [-0.05, 0) is 19.1 Å². The monoisotopic (exact) mass is 324 g/mol. The molecule has 24 heavy (non-hydrogen) atoms. The minimum absolute atomic E-state index is 0.0261. The molecule has 1 N–H and O–H groups in total. The number of amides is 2. The molecule has 0 saturated carbocycles. The molecule has 124 valence electrons. The number of H-pyrrole nitrogens is 1. The lowest BCUT2D eigenvalue weighted by molar-refractivity contribution is -0.136. The molecule has 1 aromatic carbocycles. The molecule has 2 aliphatic rings. The third-order valence-corrected chi connectivity index (χ3v) is 4.93. The predicted octanol–water partition coefficient (Wildman–Crippen LogP) is 1.66. The molecule has 6 nitrogen and oxygen atoms in total. The van der Waals surface area contributed by atoms with Gasteiger partial charge in [-0.25, -0.2) is 0 Å². The van der Waals surface area contributed by atoms with Crippen LogP contribution >= 0.6 is 0 Å². The normalized spacial score (nSPS) is 20.4. The van der Waals surface area contributed by atoms with Crippen molar-refractivity contribution in [1.29, 1.82) is 0 Å². The molecule has 1 aromatic heterocycles. The number of benzene rings is 1. The lowest BCUT2D eigenvalue weighted by Crippen LogP contribution is -2.40. The van der Waals surface area contributed by atoms with E-state index < -0.39 is 0 Å². The molecule has 0 spiro atoms.